The zero-order chi connectivity index (χ0) is 27.4. The molecule has 3 N–H and O–H groups in total. The average molecular weight is 526 g/mol. The van der Waals surface area contributed by atoms with Gasteiger partial charge in [0.15, 0.2) is 0 Å². The molecule has 1 fully saturated rings. The molecular formula is C30H35N7O2. The van der Waals surface area contributed by atoms with Crippen molar-refractivity contribution in [2.75, 3.05) is 42.9 Å². The van der Waals surface area contributed by atoms with Crippen LogP contribution >= 0.6 is 0 Å². The van der Waals surface area contributed by atoms with E-state index in [1.165, 1.54) is 0 Å². The van der Waals surface area contributed by atoms with Gasteiger partial charge in [0.2, 0.25) is 0 Å². The zero-order valence-electron chi connectivity index (χ0n) is 22.9. The molecule has 0 bridgehead atoms. The van der Waals surface area contributed by atoms with E-state index in [2.05, 4.69) is 62.6 Å². The van der Waals surface area contributed by atoms with Crippen LogP contribution in [-0.2, 0) is 0 Å². The summed E-state index contributed by atoms with van der Waals surface area (Å²) < 4.78 is 6.11. The lowest BCUT2D eigenvalue weighted by molar-refractivity contribution is 0.0939. The molecule has 3 heterocycles. The van der Waals surface area contributed by atoms with E-state index in [0.717, 1.165) is 65.7 Å². The molecule has 9 nitrogen and oxygen atoms in total. The van der Waals surface area contributed by atoms with Gasteiger partial charge in [-0.1, -0.05) is 20.8 Å². The van der Waals surface area contributed by atoms with Crippen LogP contribution in [0.25, 0.3) is 10.9 Å². The minimum Gasteiger partial charge on any atom is -0.457 e. The first-order valence-corrected chi connectivity index (χ1v) is 13.3. The lowest BCUT2D eigenvalue weighted by atomic mass is 9.97. The van der Waals surface area contributed by atoms with Crippen LogP contribution < -0.4 is 25.6 Å². The van der Waals surface area contributed by atoms with Crippen molar-refractivity contribution in [2.24, 2.45) is 5.41 Å². The van der Waals surface area contributed by atoms with E-state index in [9.17, 15) is 4.79 Å². The van der Waals surface area contributed by atoms with Crippen LogP contribution in [0.3, 0.4) is 0 Å². The number of carbonyl (C=O) groups excluding carboxylic acids is 1. The average Bonchev–Trinajstić information content (AvgIpc) is 2.94. The van der Waals surface area contributed by atoms with Gasteiger partial charge in [-0.2, -0.15) is 0 Å². The van der Waals surface area contributed by atoms with Crippen LogP contribution in [0.2, 0.25) is 0 Å². The lowest BCUT2D eigenvalue weighted by Crippen LogP contribution is -2.43. The lowest BCUT2D eigenvalue weighted by Gasteiger charge is -2.28. The van der Waals surface area contributed by atoms with Crippen LogP contribution in [-0.4, -0.2) is 53.6 Å². The highest BCUT2D eigenvalue weighted by Crippen LogP contribution is 2.30. The summed E-state index contributed by atoms with van der Waals surface area (Å²) in [4.78, 5) is 28.2. The third-order valence-corrected chi connectivity index (χ3v) is 6.51. The maximum absolute atomic E-state index is 12.4. The molecule has 1 saturated heterocycles. The first-order valence-electron chi connectivity index (χ1n) is 13.3. The second kappa shape index (κ2) is 11.2. The molecule has 0 unspecified atom stereocenters. The predicted molar refractivity (Wildman–Crippen MR) is 155 cm³/mol. The molecule has 0 atom stereocenters. The summed E-state index contributed by atoms with van der Waals surface area (Å²) in [6.07, 6.45) is 3.36. The number of piperazine rings is 1. The minimum atomic E-state index is -0.0869. The Morgan fingerprint density at radius 2 is 1.79 bits per heavy atom. The SMILES string of the molecule is Cc1cc(Nc2ncnc3cnc(N4CCNCC4)cc23)ccc1Oc1ccc(C(=O)NCC(C)(C)C)cc1. The monoisotopic (exact) mass is 525 g/mol. The molecule has 5 rings (SSSR count). The molecule has 0 radical (unpaired) electrons. The van der Waals surface area contributed by atoms with E-state index in [4.69, 9.17) is 4.74 Å². The Kier molecular flexibility index (Phi) is 7.60. The third kappa shape index (κ3) is 6.61. The minimum absolute atomic E-state index is 0.0307. The van der Waals surface area contributed by atoms with Gasteiger partial charge in [0.05, 0.1) is 11.7 Å². The number of aryl methyl sites for hydroxylation is 1. The smallest absolute Gasteiger partial charge is 0.251 e. The van der Waals surface area contributed by atoms with Crippen molar-refractivity contribution in [3.05, 3.63) is 72.2 Å². The van der Waals surface area contributed by atoms with Gasteiger partial charge in [-0.3, -0.25) is 4.79 Å². The van der Waals surface area contributed by atoms with Crippen molar-refractivity contribution in [1.29, 1.82) is 0 Å². The van der Waals surface area contributed by atoms with Crippen molar-refractivity contribution >= 4 is 34.1 Å². The second-order valence-corrected chi connectivity index (χ2v) is 11.0. The second-order valence-electron chi connectivity index (χ2n) is 11.0. The molecule has 9 heteroatoms. The number of carbonyl (C=O) groups is 1. The van der Waals surface area contributed by atoms with Gasteiger partial charge < -0.3 is 25.6 Å². The number of hydrogen-bond donors (Lipinski definition) is 3. The third-order valence-electron chi connectivity index (χ3n) is 6.51. The van der Waals surface area contributed by atoms with Crippen LogP contribution in [0, 0.1) is 12.3 Å². The Bertz CT molecular complexity index is 1460. The van der Waals surface area contributed by atoms with E-state index in [1.807, 2.05) is 37.3 Å². The first-order chi connectivity index (χ1) is 18.7. The standard InChI is InChI=1S/C30H35N7O2/c1-20-15-22(7-10-26(20)39-23-8-5-21(6-9-23)29(38)33-18-30(2,3)4)36-28-24-16-27(37-13-11-31-12-14-37)32-17-25(24)34-19-35-28/h5-10,15-17,19,31H,11-14,18H2,1-4H3,(H,33,38)(H,34,35,36). The summed E-state index contributed by atoms with van der Waals surface area (Å²) in [6.45, 7) is 12.6. The summed E-state index contributed by atoms with van der Waals surface area (Å²) in [7, 11) is 0. The molecule has 0 saturated carbocycles. The number of nitrogens with one attached hydrogen (secondary N) is 3. The van der Waals surface area contributed by atoms with Crippen molar-refractivity contribution in [1.82, 2.24) is 25.6 Å². The Balaban J connectivity index is 1.28. The Morgan fingerprint density at radius 3 is 2.51 bits per heavy atom. The van der Waals surface area contributed by atoms with E-state index < -0.39 is 0 Å². The van der Waals surface area contributed by atoms with E-state index in [0.29, 0.717) is 17.9 Å². The van der Waals surface area contributed by atoms with Crippen molar-refractivity contribution in [2.45, 2.75) is 27.7 Å². The highest BCUT2D eigenvalue weighted by atomic mass is 16.5. The molecule has 0 aliphatic carbocycles. The summed E-state index contributed by atoms with van der Waals surface area (Å²) in [5.41, 5.74) is 3.29. The van der Waals surface area contributed by atoms with Gasteiger partial charge in [0.25, 0.3) is 5.91 Å². The number of rotatable bonds is 7. The van der Waals surface area contributed by atoms with Gasteiger partial charge in [0.1, 0.15) is 29.5 Å². The number of pyridine rings is 1. The topological polar surface area (TPSA) is 104 Å². The van der Waals surface area contributed by atoms with E-state index in [1.54, 1.807) is 24.7 Å². The maximum Gasteiger partial charge on any atom is 0.251 e. The number of hydrogen-bond acceptors (Lipinski definition) is 8. The van der Waals surface area contributed by atoms with Gasteiger partial charge in [0, 0.05) is 49.4 Å². The fourth-order valence-electron chi connectivity index (χ4n) is 4.34. The van der Waals surface area contributed by atoms with Gasteiger partial charge in [-0.15, -0.1) is 0 Å². The molecule has 1 amide bonds. The molecule has 1 aliphatic rings. The van der Waals surface area contributed by atoms with Crippen molar-refractivity contribution < 1.29 is 9.53 Å². The van der Waals surface area contributed by atoms with Crippen LogP contribution in [0.15, 0.2) is 61.1 Å². The van der Waals surface area contributed by atoms with Gasteiger partial charge in [-0.25, -0.2) is 15.0 Å². The summed E-state index contributed by atoms with van der Waals surface area (Å²) in [5, 5.41) is 10.7. The highest BCUT2D eigenvalue weighted by molar-refractivity contribution is 5.94. The summed E-state index contributed by atoms with van der Waals surface area (Å²) in [6, 6.07) is 15.2. The number of nitrogens with zero attached hydrogens (tertiary/aromatic N) is 4. The maximum atomic E-state index is 12.4. The zero-order valence-corrected chi connectivity index (χ0v) is 22.9. The van der Waals surface area contributed by atoms with Crippen LogP contribution in [0.5, 0.6) is 11.5 Å². The number of anilines is 3. The molecule has 202 valence electrons. The Morgan fingerprint density at radius 1 is 1.03 bits per heavy atom. The van der Waals surface area contributed by atoms with Crippen LogP contribution in [0.4, 0.5) is 17.3 Å². The summed E-state index contributed by atoms with van der Waals surface area (Å²) in [5.74, 6) is 2.98. The van der Waals surface area contributed by atoms with Crippen molar-refractivity contribution in [3.8, 4) is 11.5 Å². The quantitative estimate of drug-likeness (QED) is 0.308. The number of ether oxygens (including phenoxy) is 1. The first kappa shape index (κ1) is 26.4. The fourth-order valence-corrected chi connectivity index (χ4v) is 4.34. The molecule has 2 aromatic carbocycles. The van der Waals surface area contributed by atoms with E-state index in [-0.39, 0.29) is 11.3 Å². The molecule has 4 aromatic rings. The number of fused-ring (bicyclic) bond motifs is 1. The van der Waals surface area contributed by atoms with Crippen LogP contribution in [0.1, 0.15) is 36.7 Å². The van der Waals surface area contributed by atoms with E-state index >= 15 is 0 Å². The Hall–Kier alpha value is -4.24. The normalized spacial score (nSPS) is 13.8. The number of aromatic nitrogens is 3. The predicted octanol–water partition coefficient (Wildman–Crippen LogP) is 5.05. The largest absolute Gasteiger partial charge is 0.457 e. The highest BCUT2D eigenvalue weighted by Gasteiger charge is 2.15. The van der Waals surface area contributed by atoms with Gasteiger partial charge >= 0.3 is 0 Å². The van der Waals surface area contributed by atoms with Gasteiger partial charge in [-0.05, 0) is 66.4 Å². The number of benzene rings is 2. The number of amides is 1. The fraction of sp³-hybridized carbons (Fsp3) is 0.333. The molecular weight excluding hydrogens is 490 g/mol. The molecule has 39 heavy (non-hydrogen) atoms. The summed E-state index contributed by atoms with van der Waals surface area (Å²) >= 11 is 0. The Labute approximate surface area is 229 Å². The molecule has 0 spiro atoms. The molecule has 1 aliphatic heterocycles. The molecule has 2 aromatic heterocycles. The van der Waals surface area contributed by atoms with Crippen molar-refractivity contribution in [3.63, 3.8) is 0 Å².